The summed E-state index contributed by atoms with van der Waals surface area (Å²) in [6, 6.07) is 13.4. The Labute approximate surface area is 272 Å². The number of carbonyl (C=O) groups is 3. The van der Waals surface area contributed by atoms with E-state index >= 15 is 4.39 Å². The van der Waals surface area contributed by atoms with Gasteiger partial charge in [0.15, 0.2) is 15.5 Å². The van der Waals surface area contributed by atoms with E-state index in [-0.39, 0.29) is 46.2 Å². The van der Waals surface area contributed by atoms with E-state index in [0.717, 1.165) is 18.4 Å². The average molecular weight is 692 g/mol. The van der Waals surface area contributed by atoms with Crippen molar-refractivity contribution < 1.29 is 49.8 Å². The maximum atomic E-state index is 15.3. The highest BCUT2D eigenvalue weighted by Gasteiger charge is 2.37. The second-order valence-electron chi connectivity index (χ2n) is 10.1. The van der Waals surface area contributed by atoms with Gasteiger partial charge in [0.1, 0.15) is 17.3 Å². The van der Waals surface area contributed by atoms with Crippen molar-refractivity contribution in [1.82, 2.24) is 20.4 Å². The van der Waals surface area contributed by atoms with Crippen molar-refractivity contribution in [2.75, 3.05) is 45.5 Å². The number of aromatic nitrogens is 2. The molecule has 48 heavy (non-hydrogen) atoms. The number of halogens is 4. The molecule has 1 aromatic heterocycles. The minimum absolute atomic E-state index is 0.0594. The summed E-state index contributed by atoms with van der Waals surface area (Å²) in [7, 11) is -0.964. The van der Waals surface area contributed by atoms with E-state index in [9.17, 15) is 36.0 Å². The zero-order chi connectivity index (χ0) is 35.2. The summed E-state index contributed by atoms with van der Waals surface area (Å²) in [6.45, 7) is -0.112. The van der Waals surface area contributed by atoms with Gasteiger partial charge in [-0.1, -0.05) is 24.3 Å². The molecular weight excluding hydrogens is 662 g/mol. The largest absolute Gasteiger partial charge is 0.497 e. The summed E-state index contributed by atoms with van der Waals surface area (Å²) in [5.41, 5.74) is -2.87. The molecule has 3 amide bonds. The Morgan fingerprint density at radius 3 is 2.31 bits per heavy atom. The second kappa shape index (κ2) is 14.6. The summed E-state index contributed by atoms with van der Waals surface area (Å²) in [5, 5.41) is 10.6. The predicted molar refractivity (Wildman–Crippen MR) is 165 cm³/mol. The lowest BCUT2D eigenvalue weighted by Gasteiger charge is -2.15. The molecule has 4 rings (SSSR count). The minimum atomic E-state index is -5.02. The topological polar surface area (TPSA) is 158 Å². The smallest absolute Gasteiger partial charge is 0.435 e. The molecule has 0 unspecified atom stereocenters. The van der Waals surface area contributed by atoms with Crippen LogP contribution in [0.4, 0.5) is 23.2 Å². The summed E-state index contributed by atoms with van der Waals surface area (Å²) >= 11 is 0. The normalized spacial score (nSPS) is 11.6. The predicted octanol–water partition coefficient (Wildman–Crippen LogP) is 3.85. The fraction of sp³-hybridized carbons (Fsp3) is 0.226. The molecule has 3 N–H and O–H groups in total. The van der Waals surface area contributed by atoms with E-state index in [0.29, 0.717) is 10.7 Å². The minimum Gasteiger partial charge on any atom is -0.497 e. The maximum Gasteiger partial charge on any atom is 0.435 e. The first kappa shape index (κ1) is 35.6. The van der Waals surface area contributed by atoms with Crippen LogP contribution in [-0.4, -0.2) is 76.1 Å². The van der Waals surface area contributed by atoms with Crippen molar-refractivity contribution in [1.29, 1.82) is 0 Å². The van der Waals surface area contributed by atoms with Crippen LogP contribution in [0.15, 0.2) is 71.6 Å². The highest BCUT2D eigenvalue weighted by molar-refractivity contribution is 7.90. The first-order valence-electron chi connectivity index (χ1n) is 13.9. The van der Waals surface area contributed by atoms with Gasteiger partial charge >= 0.3 is 6.18 Å². The highest BCUT2D eigenvalue weighted by Crippen LogP contribution is 2.33. The zero-order valence-electron chi connectivity index (χ0n) is 25.6. The molecule has 0 bridgehead atoms. The number of nitrogens with zero attached hydrogens (tertiary/aromatic N) is 2. The molecule has 4 aromatic rings. The van der Waals surface area contributed by atoms with Crippen molar-refractivity contribution in [3.05, 3.63) is 89.5 Å². The molecule has 0 atom stereocenters. The van der Waals surface area contributed by atoms with Crippen LogP contribution in [0.5, 0.6) is 5.75 Å². The van der Waals surface area contributed by atoms with Crippen LogP contribution in [-0.2, 0) is 25.5 Å². The summed E-state index contributed by atoms with van der Waals surface area (Å²) in [5.74, 6) is -3.59. The number of rotatable bonds is 12. The van der Waals surface area contributed by atoms with Crippen LogP contribution in [0.3, 0.4) is 0 Å². The summed E-state index contributed by atoms with van der Waals surface area (Å²) < 4.78 is 91.8. The summed E-state index contributed by atoms with van der Waals surface area (Å²) in [4.78, 5) is 38.6. The van der Waals surface area contributed by atoms with Crippen molar-refractivity contribution >= 4 is 33.2 Å². The third-order valence-corrected chi connectivity index (χ3v) is 7.92. The molecule has 12 nitrogen and oxygen atoms in total. The Kier molecular flexibility index (Phi) is 10.8. The fourth-order valence-corrected chi connectivity index (χ4v) is 5.39. The van der Waals surface area contributed by atoms with Gasteiger partial charge in [0.25, 0.3) is 11.8 Å². The van der Waals surface area contributed by atoms with E-state index in [1.807, 2.05) is 0 Å². The van der Waals surface area contributed by atoms with E-state index in [4.69, 9.17) is 9.47 Å². The molecule has 17 heteroatoms. The standard InChI is InChI=1S/C31H29F4N5O7S/c1-46-13-12-36-28(41)17-37-29(42)21-15-19(47-2)9-11-24(21)40-25(16-27(39-40)31(33,34)35)30(43)38-23-10-8-18(14-22(23)32)20-6-4-5-7-26(20)48(3,44)45/h4-11,14-16H,12-13,17H2,1-3H3,(H,36,41)(H,37,42)(H,38,43). The third-order valence-electron chi connectivity index (χ3n) is 6.76. The van der Waals surface area contributed by atoms with Gasteiger partial charge in [-0.25, -0.2) is 17.5 Å². The SMILES string of the molecule is COCCNC(=O)CNC(=O)c1cc(OC)ccc1-n1nc(C(F)(F)F)cc1C(=O)Nc1ccc(-c2ccccc2S(C)(=O)=O)cc1F. The lowest BCUT2D eigenvalue weighted by atomic mass is 10.0. The number of hydrogen-bond acceptors (Lipinski definition) is 8. The molecular formula is C31H29F4N5O7S. The molecule has 1 heterocycles. The number of amides is 3. The lowest BCUT2D eigenvalue weighted by molar-refractivity contribution is -0.141. The van der Waals surface area contributed by atoms with Gasteiger partial charge in [-0.3, -0.25) is 14.4 Å². The monoisotopic (exact) mass is 691 g/mol. The van der Waals surface area contributed by atoms with Crippen LogP contribution >= 0.6 is 0 Å². The summed E-state index contributed by atoms with van der Waals surface area (Å²) in [6.07, 6.45) is -4.02. The fourth-order valence-electron chi connectivity index (χ4n) is 4.48. The second-order valence-corrected chi connectivity index (χ2v) is 12.1. The average Bonchev–Trinajstić information content (AvgIpc) is 3.50. The van der Waals surface area contributed by atoms with Crippen molar-refractivity contribution in [3.8, 4) is 22.6 Å². The van der Waals surface area contributed by atoms with Gasteiger partial charge in [0.05, 0.1) is 42.1 Å². The quantitative estimate of drug-likeness (QED) is 0.149. The number of nitrogens with one attached hydrogen (secondary N) is 3. The molecule has 0 aliphatic rings. The van der Waals surface area contributed by atoms with E-state index in [2.05, 4.69) is 21.0 Å². The first-order valence-corrected chi connectivity index (χ1v) is 15.8. The molecule has 0 radical (unpaired) electrons. The number of hydrogen-bond donors (Lipinski definition) is 3. The highest BCUT2D eigenvalue weighted by atomic mass is 32.2. The van der Waals surface area contributed by atoms with E-state index in [1.165, 1.54) is 56.7 Å². The Morgan fingerprint density at radius 1 is 0.938 bits per heavy atom. The van der Waals surface area contributed by atoms with Crippen molar-refractivity contribution in [3.63, 3.8) is 0 Å². The van der Waals surface area contributed by atoms with Crippen LogP contribution in [0.25, 0.3) is 16.8 Å². The van der Waals surface area contributed by atoms with E-state index in [1.54, 1.807) is 6.07 Å². The van der Waals surface area contributed by atoms with Crippen LogP contribution in [0.1, 0.15) is 26.5 Å². The number of benzene rings is 3. The molecule has 0 aliphatic carbocycles. The van der Waals surface area contributed by atoms with Gasteiger partial charge < -0.3 is 25.4 Å². The van der Waals surface area contributed by atoms with Gasteiger partial charge in [-0.2, -0.15) is 18.3 Å². The van der Waals surface area contributed by atoms with Gasteiger partial charge in [-0.15, -0.1) is 0 Å². The lowest BCUT2D eigenvalue weighted by Crippen LogP contribution is -2.38. The number of anilines is 1. The van der Waals surface area contributed by atoms with Gasteiger partial charge in [0.2, 0.25) is 5.91 Å². The molecule has 0 fully saturated rings. The van der Waals surface area contributed by atoms with Crippen LogP contribution in [0, 0.1) is 5.82 Å². The van der Waals surface area contributed by atoms with Crippen LogP contribution < -0.4 is 20.7 Å². The van der Waals surface area contributed by atoms with Crippen molar-refractivity contribution in [2.45, 2.75) is 11.1 Å². The Hall–Kier alpha value is -5.29. The van der Waals surface area contributed by atoms with Gasteiger partial charge in [-0.05, 0) is 42.0 Å². The van der Waals surface area contributed by atoms with Gasteiger partial charge in [0, 0.05) is 31.5 Å². The Bertz CT molecular complexity index is 1960. The number of carbonyl (C=O) groups excluding carboxylic acids is 3. The van der Waals surface area contributed by atoms with Crippen molar-refractivity contribution in [2.24, 2.45) is 0 Å². The number of ether oxygens (including phenoxy) is 2. The Balaban J connectivity index is 1.70. The molecule has 3 aromatic carbocycles. The third kappa shape index (κ3) is 8.34. The molecule has 0 saturated heterocycles. The first-order chi connectivity index (χ1) is 22.6. The Morgan fingerprint density at radius 2 is 1.67 bits per heavy atom. The van der Waals surface area contributed by atoms with E-state index < -0.39 is 63.2 Å². The number of sulfone groups is 1. The molecule has 0 spiro atoms. The maximum absolute atomic E-state index is 15.3. The van der Waals surface area contributed by atoms with Crippen LogP contribution in [0.2, 0.25) is 0 Å². The number of alkyl halides is 3. The molecule has 0 saturated carbocycles. The molecule has 254 valence electrons. The number of methoxy groups -OCH3 is 2. The molecule has 0 aliphatic heterocycles. The zero-order valence-corrected chi connectivity index (χ0v) is 26.5.